The molecule has 0 fully saturated rings. The smallest absolute Gasteiger partial charge is 0.251 e. The molecule has 0 aliphatic rings. The third-order valence-corrected chi connectivity index (χ3v) is 5.08. The fourth-order valence-corrected chi connectivity index (χ4v) is 3.16. The summed E-state index contributed by atoms with van der Waals surface area (Å²) in [5, 5.41) is 5.22. The van der Waals surface area contributed by atoms with Gasteiger partial charge in [0.25, 0.3) is 11.8 Å². The van der Waals surface area contributed by atoms with E-state index in [9.17, 15) is 19.2 Å². The van der Waals surface area contributed by atoms with Crippen LogP contribution in [0.3, 0.4) is 0 Å². The summed E-state index contributed by atoms with van der Waals surface area (Å²) in [6, 6.07) is 35.5. The first-order chi connectivity index (χ1) is 17.5. The maximum Gasteiger partial charge on any atom is 0.251 e. The first kappa shape index (κ1) is 25.8. The van der Waals surface area contributed by atoms with Gasteiger partial charge in [0.15, 0.2) is 11.6 Å². The van der Waals surface area contributed by atoms with Crippen LogP contribution in [0.4, 0.5) is 0 Å². The Morgan fingerprint density at radius 1 is 0.389 bits per heavy atom. The average Bonchev–Trinajstić information content (AvgIpc) is 2.96. The average molecular weight is 479 g/mol. The van der Waals surface area contributed by atoms with E-state index in [1.54, 1.807) is 97.1 Å². The molecule has 4 rings (SSSR count). The minimum Gasteiger partial charge on any atom is -0.345 e. The zero-order valence-corrected chi connectivity index (χ0v) is 19.6. The fraction of sp³-hybridized carbons (Fsp3) is 0.0667. The Labute approximate surface area is 210 Å². The SMILES string of the molecule is O=C(CNC(=O)c1ccccc1)c1ccccc1.O=C(CNC(=O)c1ccccc1)c1ccccc1. The van der Waals surface area contributed by atoms with Crippen molar-refractivity contribution >= 4 is 23.4 Å². The molecule has 0 aliphatic heterocycles. The van der Waals surface area contributed by atoms with Gasteiger partial charge in [-0.15, -0.1) is 0 Å². The lowest BCUT2D eigenvalue weighted by Gasteiger charge is -2.04. The second-order valence-corrected chi connectivity index (χ2v) is 7.68. The topological polar surface area (TPSA) is 92.3 Å². The summed E-state index contributed by atoms with van der Waals surface area (Å²) in [7, 11) is 0. The van der Waals surface area contributed by atoms with Crippen molar-refractivity contribution in [3.05, 3.63) is 144 Å². The summed E-state index contributed by atoms with van der Waals surface area (Å²) >= 11 is 0. The molecule has 0 spiro atoms. The van der Waals surface area contributed by atoms with E-state index in [4.69, 9.17) is 0 Å². The van der Waals surface area contributed by atoms with Crippen LogP contribution in [0.1, 0.15) is 41.4 Å². The number of carbonyl (C=O) groups is 4. The Hall–Kier alpha value is -4.84. The zero-order valence-electron chi connectivity index (χ0n) is 19.6. The highest BCUT2D eigenvalue weighted by Crippen LogP contribution is 2.02. The van der Waals surface area contributed by atoms with Crippen molar-refractivity contribution in [2.75, 3.05) is 13.1 Å². The number of rotatable bonds is 8. The van der Waals surface area contributed by atoms with Gasteiger partial charge in [-0.3, -0.25) is 19.2 Å². The molecule has 4 aromatic rings. The van der Waals surface area contributed by atoms with Crippen molar-refractivity contribution in [3.63, 3.8) is 0 Å². The molecule has 0 saturated carbocycles. The number of hydrogen-bond acceptors (Lipinski definition) is 4. The number of hydrogen-bond donors (Lipinski definition) is 2. The maximum absolute atomic E-state index is 11.8. The quantitative estimate of drug-likeness (QED) is 0.362. The summed E-state index contributed by atoms with van der Waals surface area (Å²) in [6.45, 7) is 0.0233. The first-order valence-corrected chi connectivity index (χ1v) is 11.4. The number of carbonyl (C=O) groups excluding carboxylic acids is 4. The van der Waals surface area contributed by atoms with Crippen molar-refractivity contribution < 1.29 is 19.2 Å². The highest BCUT2D eigenvalue weighted by atomic mass is 16.2. The van der Waals surface area contributed by atoms with Gasteiger partial charge in [0.05, 0.1) is 13.1 Å². The standard InChI is InChI=1S/2C15H13NO2/c2*17-14(12-7-3-1-4-8-12)11-16-15(18)13-9-5-2-6-10-13/h2*1-10H,11H2,(H,16,18). The highest BCUT2D eigenvalue weighted by molar-refractivity contribution is 6.02. The molecule has 0 atom stereocenters. The van der Waals surface area contributed by atoms with Crippen molar-refractivity contribution in [2.24, 2.45) is 0 Å². The second kappa shape index (κ2) is 13.8. The van der Waals surface area contributed by atoms with Gasteiger partial charge in [-0.05, 0) is 24.3 Å². The molecule has 0 bridgehead atoms. The second-order valence-electron chi connectivity index (χ2n) is 7.68. The summed E-state index contributed by atoms with van der Waals surface area (Å²) in [6.07, 6.45) is 0. The van der Waals surface area contributed by atoms with Gasteiger partial charge < -0.3 is 10.6 Å². The third-order valence-electron chi connectivity index (χ3n) is 5.08. The van der Waals surface area contributed by atoms with Crippen LogP contribution in [-0.2, 0) is 0 Å². The molecule has 0 heterocycles. The van der Waals surface area contributed by atoms with E-state index in [1.165, 1.54) is 0 Å². The monoisotopic (exact) mass is 478 g/mol. The Bertz CT molecular complexity index is 1070. The van der Waals surface area contributed by atoms with E-state index in [1.807, 2.05) is 24.3 Å². The van der Waals surface area contributed by atoms with Gasteiger partial charge in [-0.2, -0.15) is 0 Å². The molecule has 6 nitrogen and oxygen atoms in total. The van der Waals surface area contributed by atoms with E-state index in [0.29, 0.717) is 22.3 Å². The Morgan fingerprint density at radius 3 is 0.917 bits per heavy atom. The number of benzene rings is 4. The van der Waals surface area contributed by atoms with E-state index in [-0.39, 0.29) is 36.5 Å². The maximum atomic E-state index is 11.8. The molecule has 6 heteroatoms. The lowest BCUT2D eigenvalue weighted by molar-refractivity contribution is 0.0904. The van der Waals surface area contributed by atoms with Crippen LogP contribution < -0.4 is 10.6 Å². The molecule has 36 heavy (non-hydrogen) atoms. The summed E-state index contributed by atoms with van der Waals surface area (Å²) < 4.78 is 0. The van der Waals surface area contributed by atoms with Gasteiger partial charge in [0.1, 0.15) is 0 Å². The van der Waals surface area contributed by atoms with Crippen LogP contribution in [0.15, 0.2) is 121 Å². The predicted octanol–water partition coefficient (Wildman–Crippen LogP) is 4.60. The molecule has 0 aromatic heterocycles. The van der Waals surface area contributed by atoms with Crippen LogP contribution >= 0.6 is 0 Å². The van der Waals surface area contributed by atoms with Crippen molar-refractivity contribution in [3.8, 4) is 0 Å². The Kier molecular flexibility index (Phi) is 9.86. The molecular formula is C30H26N2O4. The molecule has 2 N–H and O–H groups in total. The minimum absolute atomic E-state index is 0.0116. The van der Waals surface area contributed by atoms with Gasteiger partial charge in [-0.1, -0.05) is 97.1 Å². The van der Waals surface area contributed by atoms with Crippen LogP contribution in [0.2, 0.25) is 0 Å². The lowest BCUT2D eigenvalue weighted by atomic mass is 10.1. The number of amides is 2. The number of ketones is 2. The third kappa shape index (κ3) is 8.18. The minimum atomic E-state index is -0.236. The first-order valence-electron chi connectivity index (χ1n) is 11.4. The molecule has 0 radical (unpaired) electrons. The molecule has 2 amide bonds. The van der Waals surface area contributed by atoms with Crippen LogP contribution in [0.5, 0.6) is 0 Å². The van der Waals surface area contributed by atoms with E-state index >= 15 is 0 Å². The Balaban J connectivity index is 0.000000201. The van der Waals surface area contributed by atoms with Crippen LogP contribution in [-0.4, -0.2) is 36.5 Å². The molecular weight excluding hydrogens is 452 g/mol. The molecule has 180 valence electrons. The van der Waals surface area contributed by atoms with Gasteiger partial charge in [0, 0.05) is 22.3 Å². The largest absolute Gasteiger partial charge is 0.345 e. The van der Waals surface area contributed by atoms with Gasteiger partial charge in [-0.25, -0.2) is 0 Å². The highest BCUT2D eigenvalue weighted by Gasteiger charge is 2.09. The molecule has 0 saturated heterocycles. The number of Topliss-reactive ketones (excluding diaryl/α,β-unsaturated/α-hetero) is 2. The van der Waals surface area contributed by atoms with Crippen molar-refractivity contribution in [2.45, 2.75) is 0 Å². The van der Waals surface area contributed by atoms with Gasteiger partial charge >= 0.3 is 0 Å². The van der Waals surface area contributed by atoms with Crippen molar-refractivity contribution in [1.82, 2.24) is 10.6 Å². The van der Waals surface area contributed by atoms with E-state index in [0.717, 1.165) is 0 Å². The normalized spacial score (nSPS) is 9.78. The van der Waals surface area contributed by atoms with E-state index in [2.05, 4.69) is 10.6 Å². The predicted molar refractivity (Wildman–Crippen MR) is 139 cm³/mol. The summed E-state index contributed by atoms with van der Waals surface area (Å²) in [5.74, 6) is -0.667. The zero-order chi connectivity index (χ0) is 25.6. The Morgan fingerprint density at radius 2 is 0.639 bits per heavy atom. The van der Waals surface area contributed by atoms with Crippen LogP contribution in [0.25, 0.3) is 0 Å². The lowest BCUT2D eigenvalue weighted by Crippen LogP contribution is -2.29. The molecule has 0 unspecified atom stereocenters. The summed E-state index contributed by atoms with van der Waals surface area (Å²) in [4.78, 5) is 47.0. The number of nitrogens with one attached hydrogen (secondary N) is 2. The van der Waals surface area contributed by atoms with Crippen molar-refractivity contribution in [1.29, 1.82) is 0 Å². The molecule has 4 aromatic carbocycles. The summed E-state index contributed by atoms with van der Waals surface area (Å²) in [5.41, 5.74) is 2.31. The fourth-order valence-electron chi connectivity index (χ4n) is 3.16. The van der Waals surface area contributed by atoms with E-state index < -0.39 is 0 Å². The molecule has 0 aliphatic carbocycles. The van der Waals surface area contributed by atoms with Gasteiger partial charge in [0.2, 0.25) is 0 Å². The van der Waals surface area contributed by atoms with Crippen LogP contribution in [0, 0.1) is 0 Å².